The second kappa shape index (κ2) is 5.27. The van der Waals surface area contributed by atoms with Crippen LogP contribution in [0.5, 0.6) is 0 Å². The van der Waals surface area contributed by atoms with Crippen molar-refractivity contribution in [3.05, 3.63) is 35.4 Å². The molecule has 0 bridgehead atoms. The zero-order valence-corrected chi connectivity index (χ0v) is 11.2. The fraction of sp³-hybridized carbons (Fsp3) is 0.385. The highest BCUT2D eigenvalue weighted by atomic mass is 32.1. The molecular formula is C13H18N2OS. The van der Waals surface area contributed by atoms with Crippen LogP contribution in [0.15, 0.2) is 24.3 Å². The molecule has 1 aromatic carbocycles. The molecule has 92 valence electrons. The molecule has 0 fully saturated rings. The van der Waals surface area contributed by atoms with E-state index in [1.165, 1.54) is 0 Å². The zero-order valence-electron chi connectivity index (χ0n) is 10.4. The number of carbonyl (C=O) groups excluding carboxylic acids is 1. The number of hydrogen-bond acceptors (Lipinski definition) is 2. The van der Waals surface area contributed by atoms with Crippen molar-refractivity contribution in [2.75, 3.05) is 0 Å². The number of amides is 1. The molecule has 1 amide bonds. The number of benzene rings is 1. The Morgan fingerprint density at radius 2 is 1.82 bits per heavy atom. The van der Waals surface area contributed by atoms with Gasteiger partial charge in [0.25, 0.3) is 5.91 Å². The van der Waals surface area contributed by atoms with Crippen LogP contribution in [0, 0.1) is 0 Å². The molecule has 1 rings (SSSR count). The molecular weight excluding hydrogens is 232 g/mol. The van der Waals surface area contributed by atoms with Crippen molar-refractivity contribution < 1.29 is 4.79 Å². The van der Waals surface area contributed by atoms with Crippen LogP contribution in [-0.4, -0.2) is 16.4 Å². The van der Waals surface area contributed by atoms with Gasteiger partial charge in [-0.25, -0.2) is 0 Å². The summed E-state index contributed by atoms with van der Waals surface area (Å²) in [5.74, 6) is -0.0700. The minimum atomic E-state index is -0.228. The Balaban J connectivity index is 2.74. The molecule has 0 aliphatic rings. The lowest BCUT2D eigenvalue weighted by Gasteiger charge is -2.20. The first-order valence-corrected chi connectivity index (χ1v) is 5.88. The summed E-state index contributed by atoms with van der Waals surface area (Å²) in [4.78, 5) is 12.3. The van der Waals surface area contributed by atoms with Gasteiger partial charge < -0.3 is 11.1 Å². The molecule has 17 heavy (non-hydrogen) atoms. The summed E-state index contributed by atoms with van der Waals surface area (Å²) >= 11 is 4.83. The van der Waals surface area contributed by atoms with Crippen LogP contribution in [0.2, 0.25) is 0 Å². The van der Waals surface area contributed by atoms with Crippen LogP contribution in [0.25, 0.3) is 0 Å². The third-order valence-corrected chi connectivity index (χ3v) is 2.23. The van der Waals surface area contributed by atoms with Crippen molar-refractivity contribution in [3.63, 3.8) is 0 Å². The van der Waals surface area contributed by atoms with Gasteiger partial charge in [0.1, 0.15) is 0 Å². The number of nitrogens with one attached hydrogen (secondary N) is 1. The first kappa shape index (κ1) is 13.6. The summed E-state index contributed by atoms with van der Waals surface area (Å²) in [7, 11) is 0. The average Bonchev–Trinajstić information content (AvgIpc) is 2.15. The molecule has 0 saturated carbocycles. The van der Waals surface area contributed by atoms with Crippen LogP contribution in [-0.2, 0) is 6.42 Å². The van der Waals surface area contributed by atoms with E-state index in [2.05, 4.69) is 5.32 Å². The highest BCUT2D eigenvalue weighted by molar-refractivity contribution is 7.80. The third-order valence-electron chi connectivity index (χ3n) is 2.08. The topological polar surface area (TPSA) is 55.1 Å². The molecule has 0 spiro atoms. The SMILES string of the molecule is CC(C)(C)NC(=O)c1ccc(CC(N)=S)cc1. The Morgan fingerprint density at radius 1 is 1.29 bits per heavy atom. The Hall–Kier alpha value is -1.42. The summed E-state index contributed by atoms with van der Waals surface area (Å²) in [5, 5.41) is 2.91. The molecule has 0 aromatic heterocycles. The molecule has 4 heteroatoms. The van der Waals surface area contributed by atoms with E-state index in [1.54, 1.807) is 12.1 Å². The van der Waals surface area contributed by atoms with Crippen LogP contribution in [0.1, 0.15) is 36.7 Å². The van der Waals surface area contributed by atoms with Crippen molar-refractivity contribution >= 4 is 23.1 Å². The van der Waals surface area contributed by atoms with E-state index < -0.39 is 0 Å². The number of hydrogen-bond donors (Lipinski definition) is 2. The van der Waals surface area contributed by atoms with Crippen molar-refractivity contribution in [1.29, 1.82) is 0 Å². The Bertz CT molecular complexity index is 418. The predicted molar refractivity (Wildman–Crippen MR) is 74.2 cm³/mol. The molecule has 0 aliphatic heterocycles. The smallest absolute Gasteiger partial charge is 0.251 e. The van der Waals surface area contributed by atoms with E-state index in [0.717, 1.165) is 5.56 Å². The first-order chi connectivity index (χ1) is 7.78. The second-order valence-corrected chi connectivity index (χ2v) is 5.57. The molecule has 0 heterocycles. The normalized spacial score (nSPS) is 11.0. The van der Waals surface area contributed by atoms with Gasteiger partial charge in [0, 0.05) is 17.5 Å². The van der Waals surface area contributed by atoms with Gasteiger partial charge >= 0.3 is 0 Å². The lowest BCUT2D eigenvalue weighted by atomic mass is 10.1. The van der Waals surface area contributed by atoms with E-state index in [4.69, 9.17) is 18.0 Å². The lowest BCUT2D eigenvalue weighted by molar-refractivity contribution is 0.0919. The monoisotopic (exact) mass is 250 g/mol. The van der Waals surface area contributed by atoms with Crippen LogP contribution >= 0.6 is 12.2 Å². The van der Waals surface area contributed by atoms with Crippen molar-refractivity contribution in [3.8, 4) is 0 Å². The molecule has 0 radical (unpaired) electrons. The van der Waals surface area contributed by atoms with Crippen LogP contribution in [0.3, 0.4) is 0 Å². The van der Waals surface area contributed by atoms with Gasteiger partial charge in [0.2, 0.25) is 0 Å². The number of rotatable bonds is 3. The molecule has 0 unspecified atom stereocenters. The van der Waals surface area contributed by atoms with Crippen LogP contribution in [0.4, 0.5) is 0 Å². The number of carbonyl (C=O) groups is 1. The molecule has 3 N–H and O–H groups in total. The molecule has 1 aromatic rings. The summed E-state index contributed by atoms with van der Waals surface area (Å²) in [5.41, 5.74) is 6.89. The highest BCUT2D eigenvalue weighted by Crippen LogP contribution is 2.07. The molecule has 0 saturated heterocycles. The molecule has 3 nitrogen and oxygen atoms in total. The average molecular weight is 250 g/mol. The van der Waals surface area contributed by atoms with Crippen LogP contribution < -0.4 is 11.1 Å². The molecule has 0 aliphatic carbocycles. The van der Waals surface area contributed by atoms with E-state index in [0.29, 0.717) is 17.0 Å². The Labute approximate surface area is 107 Å². The lowest BCUT2D eigenvalue weighted by Crippen LogP contribution is -2.40. The minimum absolute atomic E-state index is 0.0700. The van der Waals surface area contributed by atoms with E-state index in [-0.39, 0.29) is 11.4 Å². The summed E-state index contributed by atoms with van der Waals surface area (Å²) in [6, 6.07) is 7.32. The minimum Gasteiger partial charge on any atom is -0.393 e. The first-order valence-electron chi connectivity index (χ1n) is 5.48. The fourth-order valence-corrected chi connectivity index (χ4v) is 1.55. The molecule has 0 atom stereocenters. The maximum absolute atomic E-state index is 11.8. The highest BCUT2D eigenvalue weighted by Gasteiger charge is 2.14. The Kier molecular flexibility index (Phi) is 4.23. The van der Waals surface area contributed by atoms with E-state index >= 15 is 0 Å². The van der Waals surface area contributed by atoms with E-state index in [9.17, 15) is 4.79 Å². The largest absolute Gasteiger partial charge is 0.393 e. The number of nitrogens with two attached hydrogens (primary N) is 1. The third kappa shape index (κ3) is 4.95. The van der Waals surface area contributed by atoms with Gasteiger partial charge in [-0.1, -0.05) is 24.4 Å². The summed E-state index contributed by atoms with van der Waals surface area (Å²) in [6.07, 6.45) is 0.566. The summed E-state index contributed by atoms with van der Waals surface area (Å²) < 4.78 is 0. The van der Waals surface area contributed by atoms with Gasteiger partial charge in [0.15, 0.2) is 0 Å². The fourth-order valence-electron chi connectivity index (χ4n) is 1.39. The van der Waals surface area contributed by atoms with Gasteiger partial charge in [-0.3, -0.25) is 4.79 Å². The van der Waals surface area contributed by atoms with Gasteiger partial charge in [0.05, 0.1) is 4.99 Å². The second-order valence-electron chi connectivity index (χ2n) is 5.04. The van der Waals surface area contributed by atoms with Gasteiger partial charge in [-0.15, -0.1) is 0 Å². The standard InChI is InChI=1S/C13H18N2OS/c1-13(2,3)15-12(16)10-6-4-9(5-7-10)8-11(14)17/h4-7H,8H2,1-3H3,(H2,14,17)(H,15,16). The maximum atomic E-state index is 11.8. The summed E-state index contributed by atoms with van der Waals surface area (Å²) in [6.45, 7) is 5.85. The number of thiocarbonyl (C=S) groups is 1. The van der Waals surface area contributed by atoms with Crippen molar-refractivity contribution in [2.24, 2.45) is 5.73 Å². The maximum Gasteiger partial charge on any atom is 0.251 e. The van der Waals surface area contributed by atoms with Gasteiger partial charge in [-0.2, -0.15) is 0 Å². The van der Waals surface area contributed by atoms with Gasteiger partial charge in [-0.05, 0) is 38.5 Å². The van der Waals surface area contributed by atoms with E-state index in [1.807, 2.05) is 32.9 Å². The quantitative estimate of drug-likeness (QED) is 0.807. The predicted octanol–water partition coefficient (Wildman–Crippen LogP) is 2.04. The van der Waals surface area contributed by atoms with Crippen molar-refractivity contribution in [1.82, 2.24) is 5.32 Å². The van der Waals surface area contributed by atoms with Crippen molar-refractivity contribution in [2.45, 2.75) is 32.7 Å². The Morgan fingerprint density at radius 3 is 2.24 bits per heavy atom. The zero-order chi connectivity index (χ0) is 13.1.